The smallest absolute Gasteiger partial charge is 0.322 e. The number of aromatic nitrogens is 2. The normalized spacial score (nSPS) is 19.3. The number of aromatic amines is 1. The summed E-state index contributed by atoms with van der Waals surface area (Å²) in [5, 5.41) is 11.7. The summed E-state index contributed by atoms with van der Waals surface area (Å²) in [5.41, 5.74) is 1.81. The molecule has 4 rings (SSSR count). The Kier molecular flexibility index (Phi) is 6.07. The van der Waals surface area contributed by atoms with Crippen LogP contribution >= 0.6 is 11.6 Å². The molecule has 0 saturated carbocycles. The predicted octanol–water partition coefficient (Wildman–Crippen LogP) is 4.01. The van der Waals surface area contributed by atoms with Crippen LogP contribution in [0.15, 0.2) is 36.7 Å². The molecule has 2 aliphatic heterocycles. The van der Waals surface area contributed by atoms with Crippen LogP contribution in [-0.4, -0.2) is 58.2 Å². The first kappa shape index (κ1) is 19.7. The first-order chi connectivity index (χ1) is 12.9. The van der Waals surface area contributed by atoms with Crippen molar-refractivity contribution in [3.63, 3.8) is 0 Å². The summed E-state index contributed by atoms with van der Waals surface area (Å²) in [6, 6.07) is 5.68. The molecule has 0 bridgehead atoms. The van der Waals surface area contributed by atoms with Crippen LogP contribution in [0.1, 0.15) is 32.6 Å². The van der Waals surface area contributed by atoms with Crippen LogP contribution in [0.3, 0.4) is 0 Å². The number of halogens is 1. The minimum Gasteiger partial charge on any atom is -0.327 e. The average molecular weight is 390 g/mol. The number of amides is 2. The van der Waals surface area contributed by atoms with Crippen LogP contribution in [0.25, 0.3) is 10.9 Å². The van der Waals surface area contributed by atoms with E-state index in [9.17, 15) is 4.79 Å². The number of carbonyl (C=O) groups is 1. The van der Waals surface area contributed by atoms with E-state index in [-0.39, 0.29) is 11.6 Å². The maximum atomic E-state index is 12.0. The fourth-order valence-electron chi connectivity index (χ4n) is 3.60. The van der Waals surface area contributed by atoms with Crippen molar-refractivity contribution in [1.29, 1.82) is 0 Å². The summed E-state index contributed by atoms with van der Waals surface area (Å²) in [7, 11) is 2.13. The van der Waals surface area contributed by atoms with Gasteiger partial charge in [0, 0.05) is 35.7 Å². The number of piperidine rings is 1. The summed E-state index contributed by atoms with van der Waals surface area (Å²) in [6.45, 7) is 9.17. The van der Waals surface area contributed by atoms with Crippen molar-refractivity contribution in [3.05, 3.63) is 41.7 Å². The van der Waals surface area contributed by atoms with Crippen molar-refractivity contribution in [2.24, 2.45) is 0 Å². The van der Waals surface area contributed by atoms with E-state index in [4.69, 9.17) is 11.6 Å². The maximum absolute atomic E-state index is 12.0. The number of rotatable bonds is 3. The zero-order valence-electron chi connectivity index (χ0n) is 16.1. The number of carbonyl (C=O) groups excluding carboxylic acids is 1. The predicted molar refractivity (Wildman–Crippen MR) is 110 cm³/mol. The lowest BCUT2D eigenvalue weighted by Gasteiger charge is -2.38. The van der Waals surface area contributed by atoms with Crippen molar-refractivity contribution in [2.45, 2.75) is 38.1 Å². The number of urea groups is 1. The molecule has 0 radical (unpaired) electrons. The Morgan fingerprint density at radius 1 is 1.33 bits per heavy atom. The number of nitrogens with zero attached hydrogens (tertiary/aromatic N) is 3. The lowest BCUT2D eigenvalue weighted by Crippen LogP contribution is -2.50. The molecule has 2 saturated heterocycles. The quantitative estimate of drug-likeness (QED) is 0.833. The van der Waals surface area contributed by atoms with Crippen LogP contribution in [0.2, 0.25) is 5.02 Å². The number of likely N-dealkylation sites (tertiary alicyclic amines) is 1. The maximum Gasteiger partial charge on any atom is 0.322 e. The number of unbranched alkanes of at least 4 members (excludes halogenated alkanes) is 1. The SMILES string of the molecule is C=C1N(CCCC)C(=O)NC12CCN(C)CC2.Clc1ccc2cn[nH]c2c1. The molecule has 2 aliphatic rings. The zero-order valence-corrected chi connectivity index (χ0v) is 16.9. The van der Waals surface area contributed by atoms with Crippen molar-refractivity contribution in [2.75, 3.05) is 26.7 Å². The summed E-state index contributed by atoms with van der Waals surface area (Å²) in [5.74, 6) is 0. The molecule has 2 amide bonds. The average Bonchev–Trinajstić information content (AvgIpc) is 3.20. The highest BCUT2D eigenvalue weighted by Crippen LogP contribution is 2.35. The molecule has 0 unspecified atom stereocenters. The second kappa shape index (κ2) is 8.31. The third kappa shape index (κ3) is 4.28. The molecule has 2 aromatic rings. The Bertz CT molecular complexity index is 810. The number of hydrogen-bond acceptors (Lipinski definition) is 3. The minimum absolute atomic E-state index is 0.0491. The Balaban J connectivity index is 0.000000177. The van der Waals surface area contributed by atoms with Gasteiger partial charge in [0.05, 0.1) is 17.3 Å². The van der Waals surface area contributed by atoms with E-state index in [1.165, 1.54) is 0 Å². The highest BCUT2D eigenvalue weighted by atomic mass is 35.5. The van der Waals surface area contributed by atoms with E-state index in [0.29, 0.717) is 0 Å². The van der Waals surface area contributed by atoms with Gasteiger partial charge >= 0.3 is 6.03 Å². The molecule has 6 nitrogen and oxygen atoms in total. The summed E-state index contributed by atoms with van der Waals surface area (Å²) in [6.07, 6.45) is 5.88. The number of hydrogen-bond donors (Lipinski definition) is 2. The molecule has 27 heavy (non-hydrogen) atoms. The molecule has 0 atom stereocenters. The van der Waals surface area contributed by atoms with Gasteiger partial charge in [0.15, 0.2) is 0 Å². The van der Waals surface area contributed by atoms with E-state index in [2.05, 4.69) is 41.0 Å². The Morgan fingerprint density at radius 2 is 2.07 bits per heavy atom. The first-order valence-corrected chi connectivity index (χ1v) is 9.89. The largest absolute Gasteiger partial charge is 0.327 e. The zero-order chi connectivity index (χ0) is 19.4. The van der Waals surface area contributed by atoms with Crippen LogP contribution in [-0.2, 0) is 0 Å². The van der Waals surface area contributed by atoms with Gasteiger partial charge in [-0.3, -0.25) is 10.00 Å². The Morgan fingerprint density at radius 3 is 2.78 bits per heavy atom. The van der Waals surface area contributed by atoms with Gasteiger partial charge < -0.3 is 10.2 Å². The molecule has 7 heteroatoms. The number of H-pyrrole nitrogens is 1. The molecular weight excluding hydrogens is 362 g/mol. The summed E-state index contributed by atoms with van der Waals surface area (Å²) in [4.78, 5) is 16.1. The second-order valence-electron chi connectivity index (χ2n) is 7.37. The van der Waals surface area contributed by atoms with E-state index in [1.807, 2.05) is 23.1 Å². The lowest BCUT2D eigenvalue weighted by molar-refractivity contribution is 0.194. The van der Waals surface area contributed by atoms with Gasteiger partial charge in [-0.2, -0.15) is 5.10 Å². The molecule has 146 valence electrons. The number of nitrogens with one attached hydrogen (secondary N) is 2. The molecule has 1 aromatic carbocycles. The van der Waals surface area contributed by atoms with Gasteiger partial charge in [0.2, 0.25) is 0 Å². The van der Waals surface area contributed by atoms with Crippen molar-refractivity contribution in [1.82, 2.24) is 25.3 Å². The monoisotopic (exact) mass is 389 g/mol. The molecule has 2 N–H and O–H groups in total. The molecular formula is C20H28ClN5O. The van der Waals surface area contributed by atoms with Gasteiger partial charge in [-0.05, 0) is 44.5 Å². The summed E-state index contributed by atoms with van der Waals surface area (Å²) < 4.78 is 0. The minimum atomic E-state index is -0.155. The van der Waals surface area contributed by atoms with Crippen molar-refractivity contribution in [3.8, 4) is 0 Å². The fraction of sp³-hybridized carbons (Fsp3) is 0.500. The molecule has 0 aliphatic carbocycles. The number of fused-ring (bicyclic) bond motifs is 1. The third-order valence-corrected chi connectivity index (χ3v) is 5.68. The van der Waals surface area contributed by atoms with E-state index in [1.54, 1.807) is 6.20 Å². The van der Waals surface area contributed by atoms with Gasteiger partial charge in [-0.15, -0.1) is 0 Å². The van der Waals surface area contributed by atoms with E-state index in [0.717, 1.165) is 66.9 Å². The van der Waals surface area contributed by atoms with Crippen LogP contribution < -0.4 is 5.32 Å². The third-order valence-electron chi connectivity index (χ3n) is 5.45. The number of benzene rings is 1. The van der Waals surface area contributed by atoms with Crippen LogP contribution in [0.4, 0.5) is 4.79 Å². The van der Waals surface area contributed by atoms with Gasteiger partial charge in [0.1, 0.15) is 0 Å². The van der Waals surface area contributed by atoms with Crippen molar-refractivity contribution >= 4 is 28.5 Å². The van der Waals surface area contributed by atoms with E-state index >= 15 is 0 Å². The molecule has 3 heterocycles. The van der Waals surface area contributed by atoms with E-state index < -0.39 is 0 Å². The first-order valence-electron chi connectivity index (χ1n) is 9.51. The fourth-order valence-corrected chi connectivity index (χ4v) is 3.77. The highest BCUT2D eigenvalue weighted by molar-refractivity contribution is 6.31. The Labute approximate surface area is 165 Å². The van der Waals surface area contributed by atoms with Gasteiger partial charge in [-0.25, -0.2) is 4.79 Å². The van der Waals surface area contributed by atoms with Gasteiger partial charge in [0.25, 0.3) is 0 Å². The van der Waals surface area contributed by atoms with Crippen molar-refractivity contribution < 1.29 is 4.79 Å². The Hall–Kier alpha value is -2.05. The molecule has 1 spiro atoms. The van der Waals surface area contributed by atoms with Crippen LogP contribution in [0, 0.1) is 0 Å². The second-order valence-corrected chi connectivity index (χ2v) is 7.81. The molecule has 2 fully saturated rings. The van der Waals surface area contributed by atoms with Crippen LogP contribution in [0.5, 0.6) is 0 Å². The summed E-state index contributed by atoms with van der Waals surface area (Å²) >= 11 is 5.73. The van der Waals surface area contributed by atoms with Gasteiger partial charge in [-0.1, -0.05) is 31.5 Å². The molecule has 1 aromatic heterocycles. The highest BCUT2D eigenvalue weighted by Gasteiger charge is 2.46. The standard InChI is InChI=1S/C13H23N3O.C7H5ClN2/c1-4-5-8-16-11(2)13(14-12(16)17)6-9-15(3)10-7-13;8-6-2-1-5-4-9-10-7(5)3-6/h2,4-10H2,1,3H3,(H,14,17);1-4H,(H,9,10). The topological polar surface area (TPSA) is 64.3 Å². The lowest BCUT2D eigenvalue weighted by atomic mass is 9.86.